The number of quaternary nitrogens is 2. The lowest BCUT2D eigenvalue weighted by molar-refractivity contribution is -1.06. The highest BCUT2D eigenvalue weighted by Gasteiger charge is 2.65. The van der Waals surface area contributed by atoms with Gasteiger partial charge >= 0.3 is 11.9 Å². The zero-order valence-corrected chi connectivity index (χ0v) is 54.4. The first-order valence-electron chi connectivity index (χ1n) is 27.3. The molecular weight excluding hydrogens is 971 g/mol. The number of nitrogens with one attached hydrogen (secondary N) is 1. The van der Waals surface area contributed by atoms with Gasteiger partial charge in [-0.05, 0) is 89.6 Å². The maximum Gasteiger partial charge on any atom is 0.372 e. The van der Waals surface area contributed by atoms with E-state index in [1.165, 1.54) is 13.5 Å². The van der Waals surface area contributed by atoms with Crippen molar-refractivity contribution in [1.82, 2.24) is 5.32 Å². The van der Waals surface area contributed by atoms with Gasteiger partial charge in [-0.2, -0.15) is 12.6 Å². The number of unbranched alkanes of at least 4 members (excludes halogenated alkanes) is 2. The van der Waals surface area contributed by atoms with Crippen LogP contribution in [0.1, 0.15) is 204 Å². The third-order valence-corrected chi connectivity index (χ3v) is 16.4. The van der Waals surface area contributed by atoms with E-state index in [-0.39, 0.29) is 75.4 Å². The van der Waals surface area contributed by atoms with Crippen molar-refractivity contribution < 1.29 is 61.7 Å². The van der Waals surface area contributed by atoms with Crippen molar-refractivity contribution in [2.75, 3.05) is 94.7 Å². The molecule has 75 heavy (non-hydrogen) atoms. The van der Waals surface area contributed by atoms with Gasteiger partial charge < -0.3 is 33.5 Å². The van der Waals surface area contributed by atoms with Gasteiger partial charge in [-0.25, -0.2) is 4.79 Å². The minimum atomic E-state index is -0.777. The Hall–Kier alpha value is -2.75. The van der Waals surface area contributed by atoms with Crippen LogP contribution < -0.4 is 5.32 Å². The van der Waals surface area contributed by atoms with Crippen LogP contribution in [-0.2, 0) is 52.6 Å². The molecule has 0 spiro atoms. The van der Waals surface area contributed by atoms with Crippen molar-refractivity contribution in [2.24, 2.45) is 55.7 Å². The third-order valence-electron chi connectivity index (χ3n) is 16.1. The lowest BCUT2D eigenvalue weighted by atomic mass is 9.39. The molecule has 0 rings (SSSR count). The minimum absolute atomic E-state index is 0. The maximum absolute atomic E-state index is 14.4. The number of rotatable bonds is 29. The number of carbonyl (C=O) groups is 6. The molecule has 4 atom stereocenters. The Labute approximate surface area is 469 Å². The summed E-state index contributed by atoms with van der Waals surface area (Å²) in [5.74, 6) is 1.11. The Morgan fingerprint density at radius 3 is 1.57 bits per heavy atom. The summed E-state index contributed by atoms with van der Waals surface area (Å²) in [7, 11) is 12.9. The molecule has 0 bridgehead atoms. The Kier molecular flexibility index (Phi) is 47.5. The van der Waals surface area contributed by atoms with Crippen LogP contribution in [0.4, 0.5) is 0 Å². The number of amides is 1. The Bertz CT molecular complexity index is 1490. The van der Waals surface area contributed by atoms with Crippen molar-refractivity contribution in [3.05, 3.63) is 0 Å². The monoisotopic (exact) mass is 1100 g/mol. The van der Waals surface area contributed by atoms with Gasteiger partial charge in [-0.1, -0.05) is 158 Å². The summed E-state index contributed by atoms with van der Waals surface area (Å²) >= 11 is 4.19. The van der Waals surface area contributed by atoms with Gasteiger partial charge in [0.2, 0.25) is 5.91 Å². The summed E-state index contributed by atoms with van der Waals surface area (Å²) < 4.78 is 19.7. The quantitative estimate of drug-likeness (QED) is 0.0140. The average Bonchev–Trinajstić information content (AvgIpc) is 3.29. The summed E-state index contributed by atoms with van der Waals surface area (Å²) in [6.07, 6.45) is 7.85. The lowest BCUT2D eigenvalue weighted by Crippen LogP contribution is -2.62. The Morgan fingerprint density at radius 2 is 1.19 bits per heavy atom. The largest absolute Gasteiger partial charge is 0.471 e. The first-order valence-corrected chi connectivity index (χ1v) is 27.9. The summed E-state index contributed by atoms with van der Waals surface area (Å²) in [6.45, 7) is 52.9. The van der Waals surface area contributed by atoms with Crippen LogP contribution in [0.5, 0.6) is 0 Å². The minimum Gasteiger partial charge on any atom is -0.471 e. The molecule has 15 heteroatoms. The predicted octanol–water partition coefficient (Wildman–Crippen LogP) is 13.1. The number of hydrogen-bond acceptors (Lipinski definition) is 12. The first kappa shape index (κ1) is 86.1. The molecule has 0 aliphatic carbocycles. The number of ether oxygens (including phenoxy) is 4. The van der Waals surface area contributed by atoms with Crippen molar-refractivity contribution in [2.45, 2.75) is 204 Å². The van der Waals surface area contributed by atoms with Crippen LogP contribution in [0.15, 0.2) is 0 Å². The van der Waals surface area contributed by atoms with Gasteiger partial charge in [0.05, 0.1) is 45.6 Å². The lowest BCUT2D eigenvalue weighted by Gasteiger charge is -2.65. The van der Waals surface area contributed by atoms with E-state index in [0.717, 1.165) is 55.4 Å². The summed E-state index contributed by atoms with van der Waals surface area (Å²) in [5, 5.41) is 2.70. The molecule has 0 heterocycles. The van der Waals surface area contributed by atoms with E-state index in [9.17, 15) is 19.2 Å². The molecule has 0 aliphatic heterocycles. The SMILES string of the molecule is C.C=O.CC.CC(CCS)CCCCC(=O)NCCOC=O.CCCC[N+](C)(C)CCOC(=O)C(C(C)C(C)(C)C(C)(C)C(C)(C)C(C)(C)C(C)(CC(C)(C)C)C(=O)O[N+](C)(C)CC)C(C)(C)C.COC.COC=O. The van der Waals surface area contributed by atoms with Gasteiger partial charge in [0, 0.05) is 20.6 Å². The second-order valence-electron chi connectivity index (χ2n) is 25.4. The normalized spacial score (nSPS) is 13.9. The molecule has 0 aromatic heterocycles. The fraction of sp³-hybridized carbons (Fsp3) is 0.900. The number of hydrogen-bond donors (Lipinski definition) is 2. The fourth-order valence-electron chi connectivity index (χ4n) is 9.28. The molecule has 0 fully saturated rings. The van der Waals surface area contributed by atoms with E-state index < -0.39 is 10.8 Å². The zero-order chi connectivity index (χ0) is 60.2. The summed E-state index contributed by atoms with van der Waals surface area (Å²) in [4.78, 5) is 72.8. The van der Waals surface area contributed by atoms with E-state index >= 15 is 0 Å². The Morgan fingerprint density at radius 1 is 0.707 bits per heavy atom. The third kappa shape index (κ3) is 32.7. The number of esters is 1. The van der Waals surface area contributed by atoms with Gasteiger partial charge in [0.1, 0.15) is 47.2 Å². The molecule has 0 saturated carbocycles. The van der Waals surface area contributed by atoms with Crippen molar-refractivity contribution >= 4 is 50.2 Å². The smallest absolute Gasteiger partial charge is 0.372 e. The predicted molar refractivity (Wildman–Crippen MR) is 318 cm³/mol. The summed E-state index contributed by atoms with van der Waals surface area (Å²) in [5.41, 5.74) is -2.65. The molecule has 4 unspecified atom stereocenters. The molecule has 0 aromatic carbocycles. The van der Waals surface area contributed by atoms with Crippen LogP contribution in [0, 0.1) is 55.7 Å². The molecule has 0 radical (unpaired) electrons. The van der Waals surface area contributed by atoms with Crippen molar-refractivity contribution in [3.8, 4) is 0 Å². The standard InChI is InChI=1S/C40H82N2O4.C12H23NO3S.C2H4O2.C2H6O.C2H6.CH2O.CH4/c1-23-25-26-41(19,20)27-28-45-32(43)31(35(7,8)9)30(3)36(10,11)37(12,13)38(14,15)39(16,17)40(18,29-34(4,5)6)33(44)46-42(21,22)24-2;1-11(6-9-17)4-2-3-5-12(15)13-7-8-16-10-14;1-4-2-3;1-3-2;2*1-2;/h30-31H,23-29H2,1-22H3;10-11,17H,2-9H2,1H3,(H,13,15);2H,1H3;1-2H3;1-2H3;1H2;1H4/q+2;;;;;;. The number of carbonyl (C=O) groups excluding carboxylic acids is 6. The van der Waals surface area contributed by atoms with Crippen LogP contribution in [-0.4, -0.2) is 141 Å². The molecule has 452 valence electrons. The van der Waals surface area contributed by atoms with E-state index in [1.807, 2.05) is 41.7 Å². The number of methoxy groups -OCH3 is 2. The van der Waals surface area contributed by atoms with Gasteiger partial charge in [0.15, 0.2) is 0 Å². The highest BCUT2D eigenvalue weighted by Crippen LogP contribution is 2.68. The molecule has 0 aromatic rings. The van der Waals surface area contributed by atoms with Gasteiger partial charge in [-0.3, -0.25) is 24.0 Å². The topological polar surface area (TPSA) is 161 Å². The highest BCUT2D eigenvalue weighted by atomic mass is 32.1. The molecule has 0 aliphatic rings. The molecule has 0 saturated heterocycles. The number of likely N-dealkylation sites (N-methyl/N-ethyl adjacent to an activating group) is 1. The van der Waals surface area contributed by atoms with Gasteiger partial charge in [0.25, 0.3) is 12.9 Å². The maximum atomic E-state index is 14.4. The molecular formula is C60H127N3O11S+2. The average molecular weight is 1100 g/mol. The second kappa shape index (κ2) is 41.3. The number of thiol groups is 1. The van der Waals surface area contributed by atoms with Crippen molar-refractivity contribution in [3.63, 3.8) is 0 Å². The van der Waals surface area contributed by atoms with E-state index in [1.54, 1.807) is 14.2 Å². The molecule has 1 N–H and O–H groups in total. The summed E-state index contributed by atoms with van der Waals surface area (Å²) in [6, 6.07) is 0. The van der Waals surface area contributed by atoms with E-state index in [2.05, 4.69) is 171 Å². The number of nitrogens with zero attached hydrogens (tertiary/aromatic N) is 2. The van der Waals surface area contributed by atoms with Crippen LogP contribution >= 0.6 is 12.6 Å². The zero-order valence-electron chi connectivity index (χ0n) is 53.5. The van der Waals surface area contributed by atoms with Crippen molar-refractivity contribution in [1.29, 1.82) is 0 Å². The molecule has 14 nitrogen and oxygen atoms in total. The Balaban J connectivity index is -0.000000262. The number of hydroxylamine groups is 3. The van der Waals surface area contributed by atoms with E-state index in [0.29, 0.717) is 51.4 Å². The van der Waals surface area contributed by atoms with Crippen LogP contribution in [0.3, 0.4) is 0 Å². The fourth-order valence-corrected chi connectivity index (χ4v) is 9.72. The van der Waals surface area contributed by atoms with Gasteiger partial charge in [-0.15, -0.1) is 4.65 Å². The van der Waals surface area contributed by atoms with Crippen LogP contribution in [0.25, 0.3) is 0 Å². The second-order valence-corrected chi connectivity index (χ2v) is 25.8. The highest BCUT2D eigenvalue weighted by molar-refractivity contribution is 7.80. The molecule has 1 amide bonds. The first-order chi connectivity index (χ1) is 33.6. The van der Waals surface area contributed by atoms with E-state index in [4.69, 9.17) is 19.2 Å². The van der Waals surface area contributed by atoms with Crippen LogP contribution in [0.2, 0.25) is 0 Å².